The van der Waals surface area contributed by atoms with Gasteiger partial charge in [-0.2, -0.15) is 0 Å². The van der Waals surface area contributed by atoms with Crippen molar-refractivity contribution >= 4 is 17.1 Å². The molecule has 92 valence electrons. The average Bonchev–Trinajstić information content (AvgIpc) is 2.90. The standard InChI is InChI=1S/C14H13NO2S/c16-13-3-1-2-10-4-5-11(8-12(10)13)17-9-14-15-6-7-18-14/h4-8H,1-3,9H2. The van der Waals surface area contributed by atoms with E-state index in [0.29, 0.717) is 13.0 Å². The minimum Gasteiger partial charge on any atom is -0.486 e. The summed E-state index contributed by atoms with van der Waals surface area (Å²) in [6.45, 7) is 0.463. The lowest BCUT2D eigenvalue weighted by atomic mass is 9.90. The van der Waals surface area contributed by atoms with Gasteiger partial charge in [0.05, 0.1) is 0 Å². The number of carbonyl (C=O) groups excluding carboxylic acids is 1. The topological polar surface area (TPSA) is 39.2 Å². The van der Waals surface area contributed by atoms with E-state index in [4.69, 9.17) is 4.74 Å². The monoisotopic (exact) mass is 259 g/mol. The summed E-state index contributed by atoms with van der Waals surface area (Å²) in [5.74, 6) is 0.982. The third-order valence-corrected chi connectivity index (χ3v) is 3.83. The molecule has 4 heteroatoms. The van der Waals surface area contributed by atoms with E-state index in [-0.39, 0.29) is 5.78 Å². The highest BCUT2D eigenvalue weighted by Crippen LogP contribution is 2.25. The van der Waals surface area contributed by atoms with Crippen LogP contribution >= 0.6 is 11.3 Å². The van der Waals surface area contributed by atoms with Crippen molar-refractivity contribution < 1.29 is 9.53 Å². The average molecular weight is 259 g/mol. The van der Waals surface area contributed by atoms with E-state index >= 15 is 0 Å². The minimum absolute atomic E-state index is 0.232. The Morgan fingerprint density at radius 1 is 1.33 bits per heavy atom. The van der Waals surface area contributed by atoms with Gasteiger partial charge in [0, 0.05) is 23.6 Å². The molecule has 0 saturated heterocycles. The molecule has 1 heterocycles. The Balaban J connectivity index is 1.77. The number of ether oxygens (including phenoxy) is 1. The number of carbonyl (C=O) groups is 1. The van der Waals surface area contributed by atoms with Crippen LogP contribution in [0.15, 0.2) is 29.8 Å². The summed E-state index contributed by atoms with van der Waals surface area (Å²) in [7, 11) is 0. The summed E-state index contributed by atoms with van der Waals surface area (Å²) >= 11 is 1.57. The molecular formula is C14H13NO2S. The van der Waals surface area contributed by atoms with Crippen molar-refractivity contribution in [3.05, 3.63) is 45.9 Å². The van der Waals surface area contributed by atoms with Gasteiger partial charge in [-0.25, -0.2) is 4.98 Å². The number of aromatic nitrogens is 1. The van der Waals surface area contributed by atoms with Crippen molar-refractivity contribution in [2.24, 2.45) is 0 Å². The Morgan fingerprint density at radius 2 is 2.28 bits per heavy atom. The molecule has 0 atom stereocenters. The normalized spacial score (nSPS) is 14.3. The van der Waals surface area contributed by atoms with E-state index in [1.54, 1.807) is 17.5 Å². The Hall–Kier alpha value is -1.68. The molecule has 0 bridgehead atoms. The SMILES string of the molecule is O=C1CCCc2ccc(OCc3nccs3)cc21. The number of rotatable bonds is 3. The fourth-order valence-corrected chi connectivity index (χ4v) is 2.69. The first-order chi connectivity index (χ1) is 8.83. The number of nitrogens with zero attached hydrogens (tertiary/aromatic N) is 1. The molecular weight excluding hydrogens is 246 g/mol. The van der Waals surface area contributed by atoms with Gasteiger partial charge >= 0.3 is 0 Å². The van der Waals surface area contributed by atoms with Crippen molar-refractivity contribution in [3.63, 3.8) is 0 Å². The van der Waals surface area contributed by atoms with Gasteiger partial charge in [0.2, 0.25) is 0 Å². The lowest BCUT2D eigenvalue weighted by molar-refractivity contribution is 0.0972. The molecule has 0 radical (unpaired) electrons. The van der Waals surface area contributed by atoms with Crippen molar-refractivity contribution in [2.75, 3.05) is 0 Å². The van der Waals surface area contributed by atoms with Crippen LogP contribution in [0.3, 0.4) is 0 Å². The van der Waals surface area contributed by atoms with Gasteiger partial charge in [-0.1, -0.05) is 6.07 Å². The van der Waals surface area contributed by atoms with Crippen LogP contribution in [0.4, 0.5) is 0 Å². The van der Waals surface area contributed by atoms with E-state index in [0.717, 1.165) is 34.7 Å². The maximum absolute atomic E-state index is 11.8. The summed E-state index contributed by atoms with van der Waals surface area (Å²) in [6.07, 6.45) is 4.38. The fraction of sp³-hybridized carbons (Fsp3) is 0.286. The predicted octanol–water partition coefficient (Wildman–Crippen LogP) is 3.24. The van der Waals surface area contributed by atoms with Crippen molar-refractivity contribution in [2.45, 2.75) is 25.9 Å². The molecule has 1 aromatic heterocycles. The first-order valence-corrected chi connectivity index (χ1v) is 6.88. The number of benzene rings is 1. The Bertz CT molecular complexity index is 563. The Labute approximate surface area is 109 Å². The summed E-state index contributed by atoms with van der Waals surface area (Å²) in [4.78, 5) is 16.0. The maximum Gasteiger partial charge on any atom is 0.163 e. The van der Waals surface area contributed by atoms with Crippen molar-refractivity contribution in [1.82, 2.24) is 4.98 Å². The molecule has 0 N–H and O–H groups in total. The third kappa shape index (κ3) is 2.29. The second-order valence-electron chi connectivity index (χ2n) is 4.31. The quantitative estimate of drug-likeness (QED) is 0.849. The Kier molecular flexibility index (Phi) is 3.11. The molecule has 0 aliphatic heterocycles. The molecule has 0 fully saturated rings. The van der Waals surface area contributed by atoms with E-state index in [1.807, 2.05) is 23.6 Å². The zero-order valence-electron chi connectivity index (χ0n) is 9.89. The van der Waals surface area contributed by atoms with Crippen molar-refractivity contribution in [1.29, 1.82) is 0 Å². The van der Waals surface area contributed by atoms with Gasteiger partial charge in [-0.05, 0) is 30.5 Å². The number of hydrogen-bond acceptors (Lipinski definition) is 4. The number of Topliss-reactive ketones (excluding diaryl/α,β-unsaturated/α-hetero) is 1. The van der Waals surface area contributed by atoms with Crippen LogP contribution in [0.1, 0.15) is 33.8 Å². The number of hydrogen-bond donors (Lipinski definition) is 0. The largest absolute Gasteiger partial charge is 0.486 e. The van der Waals surface area contributed by atoms with Gasteiger partial charge < -0.3 is 4.74 Å². The van der Waals surface area contributed by atoms with Gasteiger partial charge in [0.1, 0.15) is 17.4 Å². The minimum atomic E-state index is 0.232. The Morgan fingerprint density at radius 3 is 3.11 bits per heavy atom. The van der Waals surface area contributed by atoms with Crippen LogP contribution in [-0.4, -0.2) is 10.8 Å². The molecule has 1 aliphatic rings. The lowest BCUT2D eigenvalue weighted by Gasteiger charge is -2.15. The molecule has 3 nitrogen and oxygen atoms in total. The van der Waals surface area contributed by atoms with Gasteiger partial charge in [-0.3, -0.25) is 4.79 Å². The molecule has 0 amide bonds. The fourth-order valence-electron chi connectivity index (χ4n) is 2.17. The molecule has 0 spiro atoms. The van der Waals surface area contributed by atoms with Crippen LogP contribution in [0.5, 0.6) is 5.75 Å². The molecule has 1 aromatic carbocycles. The number of fused-ring (bicyclic) bond motifs is 1. The highest BCUT2D eigenvalue weighted by atomic mass is 32.1. The van der Waals surface area contributed by atoms with Crippen molar-refractivity contribution in [3.8, 4) is 5.75 Å². The number of aryl methyl sites for hydroxylation is 1. The second-order valence-corrected chi connectivity index (χ2v) is 5.29. The number of ketones is 1. The third-order valence-electron chi connectivity index (χ3n) is 3.08. The van der Waals surface area contributed by atoms with E-state index < -0.39 is 0 Å². The molecule has 3 rings (SSSR count). The highest BCUT2D eigenvalue weighted by Gasteiger charge is 2.17. The summed E-state index contributed by atoms with van der Waals surface area (Å²) in [6, 6.07) is 5.80. The molecule has 2 aromatic rings. The molecule has 1 aliphatic carbocycles. The van der Waals surface area contributed by atoms with E-state index in [9.17, 15) is 4.79 Å². The first kappa shape index (κ1) is 11.4. The zero-order chi connectivity index (χ0) is 12.4. The lowest BCUT2D eigenvalue weighted by Crippen LogP contribution is -2.10. The number of thiazole rings is 1. The maximum atomic E-state index is 11.8. The van der Waals surface area contributed by atoms with Crippen LogP contribution in [0.25, 0.3) is 0 Å². The van der Waals surface area contributed by atoms with Gasteiger partial charge in [0.25, 0.3) is 0 Å². The first-order valence-electron chi connectivity index (χ1n) is 6.00. The summed E-state index contributed by atoms with van der Waals surface area (Å²) in [5, 5.41) is 2.87. The van der Waals surface area contributed by atoms with Gasteiger partial charge in [-0.15, -0.1) is 11.3 Å². The molecule has 18 heavy (non-hydrogen) atoms. The molecule has 0 saturated carbocycles. The zero-order valence-corrected chi connectivity index (χ0v) is 10.7. The van der Waals surface area contributed by atoms with Gasteiger partial charge in [0.15, 0.2) is 5.78 Å². The van der Waals surface area contributed by atoms with E-state index in [1.165, 1.54) is 0 Å². The second kappa shape index (κ2) is 4.90. The predicted molar refractivity (Wildman–Crippen MR) is 70.2 cm³/mol. The summed E-state index contributed by atoms with van der Waals surface area (Å²) < 4.78 is 5.66. The van der Waals surface area contributed by atoms with Crippen LogP contribution in [-0.2, 0) is 13.0 Å². The smallest absolute Gasteiger partial charge is 0.163 e. The van der Waals surface area contributed by atoms with Crippen LogP contribution in [0, 0.1) is 0 Å². The van der Waals surface area contributed by atoms with E-state index in [2.05, 4.69) is 4.98 Å². The van der Waals surface area contributed by atoms with Crippen LogP contribution in [0.2, 0.25) is 0 Å². The highest BCUT2D eigenvalue weighted by molar-refractivity contribution is 7.09. The summed E-state index contributed by atoms with van der Waals surface area (Å²) in [5.41, 5.74) is 1.98. The molecule has 0 unspecified atom stereocenters. The van der Waals surface area contributed by atoms with Crippen LogP contribution < -0.4 is 4.74 Å².